The zero-order valence-corrected chi connectivity index (χ0v) is 8.51. The number of carbonyl (C=O) groups is 2. The van der Waals surface area contributed by atoms with Crippen molar-refractivity contribution in [3.63, 3.8) is 0 Å². The molecule has 0 spiro atoms. The van der Waals surface area contributed by atoms with Crippen molar-refractivity contribution in [1.29, 1.82) is 0 Å². The highest BCUT2D eigenvalue weighted by atomic mass is 16.5. The molecule has 1 rings (SSSR count). The van der Waals surface area contributed by atoms with Gasteiger partial charge in [0.05, 0.1) is 5.56 Å². The number of ether oxygens (including phenoxy) is 1. The van der Waals surface area contributed by atoms with Crippen LogP contribution in [0.4, 0.5) is 5.69 Å². The van der Waals surface area contributed by atoms with E-state index in [0.29, 0.717) is 0 Å². The number of hydrogen-bond acceptors (Lipinski definition) is 4. The van der Waals surface area contributed by atoms with Crippen LogP contribution in [-0.2, 0) is 4.79 Å². The summed E-state index contributed by atoms with van der Waals surface area (Å²) in [4.78, 5) is 21.2. The third kappa shape index (κ3) is 2.63. The van der Waals surface area contributed by atoms with Crippen molar-refractivity contribution < 1.29 is 24.5 Å². The summed E-state index contributed by atoms with van der Waals surface area (Å²) in [6, 6.07) is 3.91. The number of carboxylic acids is 2. The van der Waals surface area contributed by atoms with Crippen LogP contribution in [0.25, 0.3) is 0 Å². The summed E-state index contributed by atoms with van der Waals surface area (Å²) in [6.45, 7) is 1.36. The van der Waals surface area contributed by atoms with Crippen LogP contribution in [-0.4, -0.2) is 28.3 Å². The minimum absolute atomic E-state index is 0.0302. The maximum absolute atomic E-state index is 10.6. The van der Waals surface area contributed by atoms with E-state index in [1.54, 1.807) is 0 Å². The van der Waals surface area contributed by atoms with Gasteiger partial charge in [0.1, 0.15) is 5.75 Å². The Labute approximate surface area is 91.3 Å². The van der Waals surface area contributed by atoms with Crippen LogP contribution < -0.4 is 10.5 Å². The molecule has 1 unspecified atom stereocenters. The number of aromatic carboxylic acids is 1. The number of aliphatic carboxylic acids is 1. The number of nitrogens with two attached hydrogens (primary N) is 1. The van der Waals surface area contributed by atoms with Gasteiger partial charge in [-0.1, -0.05) is 0 Å². The van der Waals surface area contributed by atoms with Crippen LogP contribution in [0, 0.1) is 0 Å². The maximum Gasteiger partial charge on any atom is 0.344 e. The van der Waals surface area contributed by atoms with Gasteiger partial charge < -0.3 is 20.7 Å². The van der Waals surface area contributed by atoms with E-state index in [-0.39, 0.29) is 17.0 Å². The Balaban J connectivity index is 2.89. The van der Waals surface area contributed by atoms with E-state index in [2.05, 4.69) is 0 Å². The van der Waals surface area contributed by atoms with E-state index < -0.39 is 18.0 Å². The Hall–Kier alpha value is -2.24. The fourth-order valence-electron chi connectivity index (χ4n) is 1.06. The quantitative estimate of drug-likeness (QED) is 0.654. The smallest absolute Gasteiger partial charge is 0.344 e. The standard InChI is InChI=1S/C10H11NO5/c1-5(9(12)13)16-6-2-3-7(10(14)15)8(11)4-6/h2-5H,11H2,1H3,(H,12,13)(H,14,15). The summed E-state index contributed by atoms with van der Waals surface area (Å²) < 4.78 is 5.02. The molecule has 0 heterocycles. The zero-order chi connectivity index (χ0) is 12.3. The van der Waals surface area contributed by atoms with Gasteiger partial charge in [-0.25, -0.2) is 9.59 Å². The van der Waals surface area contributed by atoms with E-state index in [4.69, 9.17) is 20.7 Å². The van der Waals surface area contributed by atoms with E-state index in [9.17, 15) is 9.59 Å². The largest absolute Gasteiger partial charge is 0.479 e. The molecule has 6 nitrogen and oxygen atoms in total. The van der Waals surface area contributed by atoms with E-state index >= 15 is 0 Å². The zero-order valence-electron chi connectivity index (χ0n) is 8.51. The van der Waals surface area contributed by atoms with Crippen molar-refractivity contribution >= 4 is 17.6 Å². The first kappa shape index (κ1) is 11.8. The van der Waals surface area contributed by atoms with Gasteiger partial charge in [-0.15, -0.1) is 0 Å². The molecular formula is C10H11NO5. The van der Waals surface area contributed by atoms with Crippen molar-refractivity contribution in [1.82, 2.24) is 0 Å². The molecular weight excluding hydrogens is 214 g/mol. The van der Waals surface area contributed by atoms with Crippen molar-refractivity contribution in [2.75, 3.05) is 5.73 Å². The molecule has 0 amide bonds. The van der Waals surface area contributed by atoms with Crippen molar-refractivity contribution in [2.24, 2.45) is 0 Å². The molecule has 0 fully saturated rings. The Bertz CT molecular complexity index is 429. The summed E-state index contributed by atoms with van der Waals surface area (Å²) in [7, 11) is 0. The second kappa shape index (κ2) is 4.52. The lowest BCUT2D eigenvalue weighted by molar-refractivity contribution is -0.144. The summed E-state index contributed by atoms with van der Waals surface area (Å²) in [5.74, 6) is -2.03. The predicted molar refractivity (Wildman–Crippen MR) is 55.5 cm³/mol. The van der Waals surface area contributed by atoms with Gasteiger partial charge in [-0.05, 0) is 19.1 Å². The second-order valence-electron chi connectivity index (χ2n) is 3.15. The molecule has 16 heavy (non-hydrogen) atoms. The highest BCUT2D eigenvalue weighted by Gasteiger charge is 2.14. The average molecular weight is 225 g/mol. The van der Waals surface area contributed by atoms with Gasteiger partial charge in [0.15, 0.2) is 6.10 Å². The lowest BCUT2D eigenvalue weighted by atomic mass is 10.2. The van der Waals surface area contributed by atoms with Gasteiger partial charge in [0.25, 0.3) is 0 Å². The molecule has 0 aliphatic heterocycles. The Morgan fingerprint density at radius 1 is 1.38 bits per heavy atom. The molecule has 6 heteroatoms. The summed E-state index contributed by atoms with van der Waals surface area (Å²) in [5, 5.41) is 17.3. The monoisotopic (exact) mass is 225 g/mol. The molecule has 0 saturated carbocycles. The highest BCUT2D eigenvalue weighted by Crippen LogP contribution is 2.20. The van der Waals surface area contributed by atoms with Gasteiger partial charge >= 0.3 is 11.9 Å². The lowest BCUT2D eigenvalue weighted by Gasteiger charge is -2.11. The average Bonchev–Trinajstić information content (AvgIpc) is 2.16. The Morgan fingerprint density at radius 3 is 2.44 bits per heavy atom. The molecule has 0 aliphatic carbocycles. The van der Waals surface area contributed by atoms with Gasteiger partial charge in [0, 0.05) is 11.8 Å². The first-order valence-electron chi connectivity index (χ1n) is 4.44. The molecule has 4 N–H and O–H groups in total. The number of carboxylic acid groups (broad SMARTS) is 2. The molecule has 86 valence electrons. The maximum atomic E-state index is 10.6. The molecule has 1 atom stereocenters. The Morgan fingerprint density at radius 2 is 2.00 bits per heavy atom. The van der Waals surface area contributed by atoms with Crippen LogP contribution in [0.5, 0.6) is 5.75 Å². The first-order chi connectivity index (χ1) is 7.41. The van der Waals surface area contributed by atoms with Crippen LogP contribution in [0.1, 0.15) is 17.3 Å². The van der Waals surface area contributed by atoms with Crippen LogP contribution in [0.3, 0.4) is 0 Å². The number of nitrogen functional groups attached to an aromatic ring is 1. The van der Waals surface area contributed by atoms with E-state index in [1.165, 1.54) is 25.1 Å². The molecule has 0 saturated heterocycles. The SMILES string of the molecule is CC(Oc1ccc(C(=O)O)c(N)c1)C(=O)O. The topological polar surface area (TPSA) is 110 Å². The lowest BCUT2D eigenvalue weighted by Crippen LogP contribution is -2.23. The van der Waals surface area contributed by atoms with Crippen LogP contribution in [0.2, 0.25) is 0 Å². The fourth-order valence-corrected chi connectivity index (χ4v) is 1.06. The third-order valence-electron chi connectivity index (χ3n) is 1.91. The first-order valence-corrected chi connectivity index (χ1v) is 4.44. The van der Waals surface area contributed by atoms with Gasteiger partial charge in [0.2, 0.25) is 0 Å². The summed E-state index contributed by atoms with van der Waals surface area (Å²) in [5.41, 5.74) is 5.45. The fraction of sp³-hybridized carbons (Fsp3) is 0.200. The predicted octanol–water partition coefficient (Wildman–Crippen LogP) is 0.819. The summed E-state index contributed by atoms with van der Waals surface area (Å²) in [6.07, 6.45) is -1.02. The molecule has 0 aliphatic rings. The van der Waals surface area contributed by atoms with Crippen molar-refractivity contribution in [3.8, 4) is 5.75 Å². The van der Waals surface area contributed by atoms with Crippen LogP contribution in [0.15, 0.2) is 18.2 Å². The molecule has 0 bridgehead atoms. The molecule has 0 aromatic heterocycles. The van der Waals surface area contributed by atoms with Crippen molar-refractivity contribution in [2.45, 2.75) is 13.0 Å². The molecule has 0 radical (unpaired) electrons. The van der Waals surface area contributed by atoms with E-state index in [0.717, 1.165) is 0 Å². The minimum atomic E-state index is -1.14. The number of rotatable bonds is 4. The Kier molecular flexibility index (Phi) is 3.34. The van der Waals surface area contributed by atoms with Crippen molar-refractivity contribution in [3.05, 3.63) is 23.8 Å². The minimum Gasteiger partial charge on any atom is -0.479 e. The molecule has 1 aromatic rings. The number of anilines is 1. The van der Waals surface area contributed by atoms with Gasteiger partial charge in [-0.3, -0.25) is 0 Å². The van der Waals surface area contributed by atoms with E-state index in [1.807, 2.05) is 0 Å². The molecule has 1 aromatic carbocycles. The van der Waals surface area contributed by atoms with Gasteiger partial charge in [-0.2, -0.15) is 0 Å². The summed E-state index contributed by atoms with van der Waals surface area (Å²) >= 11 is 0. The highest BCUT2D eigenvalue weighted by molar-refractivity contribution is 5.93. The number of benzene rings is 1. The number of hydrogen-bond donors (Lipinski definition) is 3. The normalized spacial score (nSPS) is 11.8. The van der Waals surface area contributed by atoms with Crippen LogP contribution >= 0.6 is 0 Å². The third-order valence-corrected chi connectivity index (χ3v) is 1.91. The second-order valence-corrected chi connectivity index (χ2v) is 3.15.